The molecule has 1 aromatic heterocycles. The lowest BCUT2D eigenvalue weighted by Gasteiger charge is -2.01. The van der Waals surface area contributed by atoms with Gasteiger partial charge < -0.3 is 0 Å². The van der Waals surface area contributed by atoms with Gasteiger partial charge in [-0.05, 0) is 12.1 Å². The summed E-state index contributed by atoms with van der Waals surface area (Å²) in [5.74, 6) is 0. The van der Waals surface area contributed by atoms with Gasteiger partial charge >= 0.3 is 0 Å². The SMILES string of the molecule is FC(F)c1cc(Cl)n(-c2ccccc2)n1. The molecule has 0 bridgehead atoms. The predicted octanol–water partition coefficient (Wildman–Crippen LogP) is 3.46. The van der Waals surface area contributed by atoms with Crippen LogP contribution in [0.25, 0.3) is 5.69 Å². The molecule has 0 unspecified atom stereocenters. The van der Waals surface area contributed by atoms with E-state index in [-0.39, 0.29) is 10.8 Å². The van der Waals surface area contributed by atoms with Crippen molar-refractivity contribution < 1.29 is 8.78 Å². The summed E-state index contributed by atoms with van der Waals surface area (Å²) in [5, 5.41) is 3.89. The van der Waals surface area contributed by atoms with Crippen LogP contribution in [-0.2, 0) is 0 Å². The first kappa shape index (κ1) is 10.1. The van der Waals surface area contributed by atoms with Gasteiger partial charge in [0.15, 0.2) is 0 Å². The van der Waals surface area contributed by atoms with Crippen LogP contribution in [-0.4, -0.2) is 9.78 Å². The van der Waals surface area contributed by atoms with E-state index < -0.39 is 6.43 Å². The first-order chi connectivity index (χ1) is 7.18. The van der Waals surface area contributed by atoms with Crippen LogP contribution in [0.4, 0.5) is 8.78 Å². The number of hydrogen-bond acceptors (Lipinski definition) is 1. The normalized spacial score (nSPS) is 10.9. The highest BCUT2D eigenvalue weighted by molar-refractivity contribution is 6.29. The molecule has 1 aromatic carbocycles. The van der Waals surface area contributed by atoms with Gasteiger partial charge in [-0.15, -0.1) is 0 Å². The number of benzene rings is 1. The van der Waals surface area contributed by atoms with Gasteiger partial charge in [-0.3, -0.25) is 0 Å². The van der Waals surface area contributed by atoms with Gasteiger partial charge in [-0.1, -0.05) is 29.8 Å². The maximum Gasteiger partial charge on any atom is 0.282 e. The molecule has 5 heteroatoms. The zero-order valence-corrected chi connectivity index (χ0v) is 8.33. The number of alkyl halides is 2. The topological polar surface area (TPSA) is 17.8 Å². The maximum absolute atomic E-state index is 12.3. The third kappa shape index (κ3) is 1.99. The van der Waals surface area contributed by atoms with Gasteiger partial charge in [-0.25, -0.2) is 13.5 Å². The fourth-order valence-electron chi connectivity index (χ4n) is 1.23. The summed E-state index contributed by atoms with van der Waals surface area (Å²) in [7, 11) is 0. The Morgan fingerprint density at radius 2 is 1.87 bits per heavy atom. The molecule has 2 nitrogen and oxygen atoms in total. The van der Waals surface area contributed by atoms with E-state index in [0.717, 1.165) is 0 Å². The monoisotopic (exact) mass is 228 g/mol. The molecule has 0 aliphatic heterocycles. The highest BCUT2D eigenvalue weighted by atomic mass is 35.5. The molecule has 0 amide bonds. The van der Waals surface area contributed by atoms with Gasteiger partial charge in [0.2, 0.25) is 0 Å². The van der Waals surface area contributed by atoms with E-state index in [4.69, 9.17) is 11.6 Å². The van der Waals surface area contributed by atoms with E-state index in [9.17, 15) is 8.78 Å². The third-order valence-electron chi connectivity index (χ3n) is 1.91. The molecule has 15 heavy (non-hydrogen) atoms. The molecule has 0 saturated carbocycles. The van der Waals surface area contributed by atoms with Crippen molar-refractivity contribution in [2.45, 2.75) is 6.43 Å². The largest absolute Gasteiger partial charge is 0.282 e. The summed E-state index contributed by atoms with van der Waals surface area (Å²) >= 11 is 5.79. The van der Waals surface area contributed by atoms with Crippen LogP contribution < -0.4 is 0 Å². The molecule has 2 aromatic rings. The van der Waals surface area contributed by atoms with Crippen LogP contribution in [0, 0.1) is 0 Å². The van der Waals surface area contributed by atoms with Crippen LogP contribution in [0.5, 0.6) is 0 Å². The van der Waals surface area contributed by atoms with Crippen molar-refractivity contribution in [2.75, 3.05) is 0 Å². The second-order valence-corrected chi connectivity index (χ2v) is 3.33. The lowest BCUT2D eigenvalue weighted by molar-refractivity contribution is 0.145. The minimum absolute atomic E-state index is 0.177. The number of para-hydroxylation sites is 1. The second kappa shape index (κ2) is 3.98. The zero-order chi connectivity index (χ0) is 10.8. The van der Waals surface area contributed by atoms with E-state index in [1.165, 1.54) is 10.7 Å². The van der Waals surface area contributed by atoms with Crippen molar-refractivity contribution in [1.82, 2.24) is 9.78 Å². The fourth-order valence-corrected chi connectivity index (χ4v) is 1.48. The first-order valence-electron chi connectivity index (χ1n) is 4.27. The number of nitrogens with zero attached hydrogens (tertiary/aromatic N) is 2. The standard InChI is InChI=1S/C10H7ClF2N2/c11-9-6-8(10(12)13)14-15(9)7-4-2-1-3-5-7/h1-6,10H. The second-order valence-electron chi connectivity index (χ2n) is 2.94. The summed E-state index contributed by atoms with van der Waals surface area (Å²) < 4.78 is 26.0. The number of aromatic nitrogens is 2. The van der Waals surface area contributed by atoms with E-state index >= 15 is 0 Å². The average Bonchev–Trinajstić information content (AvgIpc) is 2.62. The Morgan fingerprint density at radius 1 is 1.20 bits per heavy atom. The average molecular weight is 229 g/mol. The first-order valence-corrected chi connectivity index (χ1v) is 4.65. The fraction of sp³-hybridized carbons (Fsp3) is 0.100. The Morgan fingerprint density at radius 3 is 2.40 bits per heavy atom. The molecule has 0 radical (unpaired) electrons. The summed E-state index contributed by atoms with van der Waals surface area (Å²) in [6, 6.07) is 10.1. The number of hydrogen-bond donors (Lipinski definition) is 0. The molecule has 0 fully saturated rings. The lowest BCUT2D eigenvalue weighted by Crippen LogP contribution is -1.97. The highest BCUT2D eigenvalue weighted by Gasteiger charge is 2.14. The Balaban J connectivity index is 2.45. The van der Waals surface area contributed by atoms with Gasteiger partial charge in [0.05, 0.1) is 5.69 Å². The van der Waals surface area contributed by atoms with Crippen LogP contribution in [0.15, 0.2) is 36.4 Å². The van der Waals surface area contributed by atoms with Gasteiger partial charge in [0.25, 0.3) is 6.43 Å². The number of halogens is 3. The van der Waals surface area contributed by atoms with E-state index in [0.29, 0.717) is 5.69 Å². The third-order valence-corrected chi connectivity index (χ3v) is 2.18. The van der Waals surface area contributed by atoms with Crippen molar-refractivity contribution >= 4 is 11.6 Å². The minimum atomic E-state index is -2.60. The summed E-state index contributed by atoms with van der Waals surface area (Å²) in [4.78, 5) is 0. The summed E-state index contributed by atoms with van der Waals surface area (Å²) in [5.41, 5.74) is 0.346. The smallest absolute Gasteiger partial charge is 0.222 e. The molecule has 1 heterocycles. The molecule has 78 valence electrons. The van der Waals surface area contributed by atoms with Crippen molar-refractivity contribution in [3.63, 3.8) is 0 Å². The zero-order valence-electron chi connectivity index (χ0n) is 7.57. The van der Waals surface area contributed by atoms with Crippen molar-refractivity contribution in [3.05, 3.63) is 47.2 Å². The number of rotatable bonds is 2. The Labute approximate surface area is 90.1 Å². The van der Waals surface area contributed by atoms with Crippen LogP contribution in [0.3, 0.4) is 0 Å². The van der Waals surface area contributed by atoms with Crippen molar-refractivity contribution in [2.24, 2.45) is 0 Å². The maximum atomic E-state index is 12.3. The van der Waals surface area contributed by atoms with E-state index in [1.54, 1.807) is 24.3 Å². The van der Waals surface area contributed by atoms with Gasteiger partial charge in [0.1, 0.15) is 10.8 Å². The summed E-state index contributed by atoms with van der Waals surface area (Å²) in [6.45, 7) is 0. The van der Waals surface area contributed by atoms with Gasteiger partial charge in [0, 0.05) is 6.07 Å². The molecule has 0 spiro atoms. The van der Waals surface area contributed by atoms with Gasteiger partial charge in [-0.2, -0.15) is 5.10 Å². The molecular formula is C10H7ClF2N2. The molecule has 2 rings (SSSR count). The Bertz CT molecular complexity index is 454. The molecule has 0 saturated heterocycles. The molecule has 0 atom stereocenters. The van der Waals surface area contributed by atoms with Crippen LogP contribution >= 0.6 is 11.6 Å². The van der Waals surface area contributed by atoms with Crippen LogP contribution in [0.2, 0.25) is 5.15 Å². The molecule has 0 N–H and O–H groups in total. The minimum Gasteiger partial charge on any atom is -0.222 e. The van der Waals surface area contributed by atoms with E-state index in [2.05, 4.69) is 5.10 Å². The van der Waals surface area contributed by atoms with Crippen molar-refractivity contribution in [3.8, 4) is 5.69 Å². The van der Waals surface area contributed by atoms with Crippen LogP contribution in [0.1, 0.15) is 12.1 Å². The predicted molar refractivity (Wildman–Crippen MR) is 53.5 cm³/mol. The Hall–Kier alpha value is -1.42. The molecule has 0 aliphatic carbocycles. The van der Waals surface area contributed by atoms with E-state index in [1.807, 2.05) is 6.07 Å². The Kier molecular flexibility index (Phi) is 2.68. The molecule has 0 aliphatic rings. The van der Waals surface area contributed by atoms with Crippen molar-refractivity contribution in [1.29, 1.82) is 0 Å². The summed E-state index contributed by atoms with van der Waals surface area (Å²) in [6.07, 6.45) is -2.60. The molecular weight excluding hydrogens is 222 g/mol. The quantitative estimate of drug-likeness (QED) is 0.770. The highest BCUT2D eigenvalue weighted by Crippen LogP contribution is 2.23. The lowest BCUT2D eigenvalue weighted by atomic mass is 10.3.